The zero-order chi connectivity index (χ0) is 8.23. The van der Waals surface area contributed by atoms with Crippen LogP contribution in [0, 0.1) is 0 Å². The van der Waals surface area contributed by atoms with Gasteiger partial charge in [0.05, 0.1) is 0 Å². The van der Waals surface area contributed by atoms with E-state index in [1.165, 1.54) is 50.0 Å². The lowest BCUT2D eigenvalue weighted by Gasteiger charge is -2.25. The fraction of sp³-hybridized carbons (Fsp3) is 1.00. The first-order chi connectivity index (χ1) is 5.95. The Hall–Kier alpha value is 0.310. The highest BCUT2D eigenvalue weighted by Crippen LogP contribution is 2.22. The molecule has 0 aromatic heterocycles. The third kappa shape index (κ3) is 2.40. The van der Waals surface area contributed by atoms with Crippen LogP contribution in [0.25, 0.3) is 0 Å². The van der Waals surface area contributed by atoms with Gasteiger partial charge >= 0.3 is 0 Å². The van der Waals surface area contributed by atoms with E-state index < -0.39 is 0 Å². The van der Waals surface area contributed by atoms with E-state index in [4.69, 9.17) is 0 Å². The van der Waals surface area contributed by atoms with Crippen LogP contribution in [0.4, 0.5) is 0 Å². The largest absolute Gasteiger partial charge is 0.310 e. The van der Waals surface area contributed by atoms with Gasteiger partial charge in [0.1, 0.15) is 0 Å². The average Bonchev–Trinajstić information content (AvgIpc) is 2.59. The number of hydrogen-bond acceptors (Lipinski definition) is 2. The summed E-state index contributed by atoms with van der Waals surface area (Å²) in [5.41, 5.74) is 0. The van der Waals surface area contributed by atoms with Crippen LogP contribution in [0.1, 0.15) is 38.5 Å². The number of hydrogen-bond donors (Lipinski definition) is 1. The lowest BCUT2D eigenvalue weighted by atomic mass is 10.1. The molecular weight excluding hydrogens is 166 g/mol. The molecule has 70 valence electrons. The molecule has 2 fully saturated rings. The third-order valence-electron chi connectivity index (χ3n) is 2.99. The molecule has 1 unspecified atom stereocenters. The first-order valence-corrected chi connectivity index (χ1v) is 6.44. The summed E-state index contributed by atoms with van der Waals surface area (Å²) in [5, 5.41) is 3.80. The molecule has 2 rings (SSSR count). The summed E-state index contributed by atoms with van der Waals surface area (Å²) in [6.07, 6.45) is 8.62. The summed E-state index contributed by atoms with van der Waals surface area (Å²) < 4.78 is 0. The minimum absolute atomic E-state index is 0.840. The lowest BCUT2D eigenvalue weighted by molar-refractivity contribution is 0.429. The van der Waals surface area contributed by atoms with Crippen molar-refractivity contribution in [2.45, 2.75) is 50.6 Å². The fourth-order valence-corrected chi connectivity index (χ4v) is 3.38. The standard InChI is InChI=1S/C10H19NS/c1-2-5-9(4-1)11-10-6-3-7-12-8-10/h9-11H,1-8H2. The molecule has 2 heteroatoms. The van der Waals surface area contributed by atoms with Gasteiger partial charge < -0.3 is 5.32 Å². The van der Waals surface area contributed by atoms with Crippen molar-refractivity contribution in [2.24, 2.45) is 0 Å². The fourth-order valence-electron chi connectivity index (χ4n) is 2.30. The Labute approximate surface area is 79.7 Å². The Balaban J connectivity index is 1.69. The van der Waals surface area contributed by atoms with Crippen molar-refractivity contribution >= 4 is 11.8 Å². The molecule has 12 heavy (non-hydrogen) atoms. The van der Waals surface area contributed by atoms with Crippen LogP contribution < -0.4 is 5.32 Å². The van der Waals surface area contributed by atoms with E-state index in [9.17, 15) is 0 Å². The van der Waals surface area contributed by atoms with Crippen molar-refractivity contribution < 1.29 is 0 Å². The molecule has 0 spiro atoms. The Kier molecular flexibility index (Phi) is 3.35. The van der Waals surface area contributed by atoms with Gasteiger partial charge in [-0.3, -0.25) is 0 Å². The Morgan fingerprint density at radius 2 is 1.67 bits per heavy atom. The van der Waals surface area contributed by atoms with Crippen LogP contribution in [-0.4, -0.2) is 23.6 Å². The van der Waals surface area contributed by atoms with Crippen LogP contribution in [0.2, 0.25) is 0 Å². The molecule has 0 amide bonds. The quantitative estimate of drug-likeness (QED) is 0.709. The summed E-state index contributed by atoms with van der Waals surface area (Å²) in [4.78, 5) is 0. The smallest absolute Gasteiger partial charge is 0.0161 e. The molecule has 0 aromatic rings. The molecule has 0 bridgehead atoms. The Bertz CT molecular complexity index is 126. The van der Waals surface area contributed by atoms with Gasteiger partial charge in [-0.2, -0.15) is 11.8 Å². The van der Waals surface area contributed by atoms with Crippen LogP contribution >= 0.6 is 11.8 Å². The van der Waals surface area contributed by atoms with Crippen molar-refractivity contribution in [3.8, 4) is 0 Å². The van der Waals surface area contributed by atoms with E-state index in [0.717, 1.165) is 12.1 Å². The topological polar surface area (TPSA) is 12.0 Å². The number of nitrogens with one attached hydrogen (secondary N) is 1. The minimum atomic E-state index is 0.840. The van der Waals surface area contributed by atoms with Gasteiger partial charge in [-0.15, -0.1) is 0 Å². The van der Waals surface area contributed by atoms with Gasteiger partial charge in [0.15, 0.2) is 0 Å². The van der Waals surface area contributed by atoms with Crippen LogP contribution in [-0.2, 0) is 0 Å². The summed E-state index contributed by atoms with van der Waals surface area (Å²) in [6.45, 7) is 0. The third-order valence-corrected chi connectivity index (χ3v) is 4.20. The minimum Gasteiger partial charge on any atom is -0.310 e. The molecule has 1 saturated carbocycles. The summed E-state index contributed by atoms with van der Waals surface area (Å²) in [6, 6.07) is 1.71. The maximum Gasteiger partial charge on any atom is 0.0161 e. The van der Waals surface area contributed by atoms with E-state index in [1.54, 1.807) is 0 Å². The van der Waals surface area contributed by atoms with Gasteiger partial charge in [-0.05, 0) is 31.4 Å². The van der Waals surface area contributed by atoms with Gasteiger partial charge in [-0.25, -0.2) is 0 Å². The maximum absolute atomic E-state index is 3.80. The first-order valence-electron chi connectivity index (χ1n) is 5.29. The second kappa shape index (κ2) is 4.52. The van der Waals surface area contributed by atoms with E-state index in [2.05, 4.69) is 17.1 Å². The molecule has 1 aliphatic carbocycles. The van der Waals surface area contributed by atoms with Gasteiger partial charge in [0, 0.05) is 17.8 Å². The molecule has 1 saturated heterocycles. The zero-order valence-electron chi connectivity index (χ0n) is 7.72. The number of thioether (sulfide) groups is 1. The predicted molar refractivity (Wildman–Crippen MR) is 55.7 cm³/mol. The maximum atomic E-state index is 3.80. The zero-order valence-corrected chi connectivity index (χ0v) is 8.54. The molecule has 1 nitrogen and oxygen atoms in total. The second-order valence-corrected chi connectivity index (χ2v) is 5.21. The Morgan fingerprint density at radius 1 is 0.917 bits per heavy atom. The lowest BCUT2D eigenvalue weighted by Crippen LogP contribution is -2.39. The van der Waals surface area contributed by atoms with Gasteiger partial charge in [0.2, 0.25) is 0 Å². The molecule has 0 radical (unpaired) electrons. The van der Waals surface area contributed by atoms with E-state index in [1.807, 2.05) is 0 Å². The molecule has 1 N–H and O–H groups in total. The first kappa shape index (κ1) is 8.89. The molecule has 2 aliphatic rings. The van der Waals surface area contributed by atoms with Crippen molar-refractivity contribution in [3.05, 3.63) is 0 Å². The van der Waals surface area contributed by atoms with E-state index in [-0.39, 0.29) is 0 Å². The molecule has 1 heterocycles. The Morgan fingerprint density at radius 3 is 2.33 bits per heavy atom. The van der Waals surface area contributed by atoms with Gasteiger partial charge in [0.25, 0.3) is 0 Å². The predicted octanol–water partition coefficient (Wildman–Crippen LogP) is 2.41. The monoisotopic (exact) mass is 185 g/mol. The van der Waals surface area contributed by atoms with Crippen molar-refractivity contribution in [3.63, 3.8) is 0 Å². The van der Waals surface area contributed by atoms with E-state index in [0.29, 0.717) is 0 Å². The van der Waals surface area contributed by atoms with E-state index >= 15 is 0 Å². The average molecular weight is 185 g/mol. The molecule has 1 aliphatic heterocycles. The van der Waals surface area contributed by atoms with Crippen molar-refractivity contribution in [1.82, 2.24) is 5.32 Å². The molecular formula is C10H19NS. The highest BCUT2D eigenvalue weighted by Gasteiger charge is 2.20. The summed E-state index contributed by atoms with van der Waals surface area (Å²) in [5.74, 6) is 2.75. The van der Waals surface area contributed by atoms with Crippen LogP contribution in [0.15, 0.2) is 0 Å². The van der Waals surface area contributed by atoms with Crippen LogP contribution in [0.3, 0.4) is 0 Å². The van der Waals surface area contributed by atoms with Crippen molar-refractivity contribution in [2.75, 3.05) is 11.5 Å². The SMILES string of the molecule is C1CCC(NC2CCCSC2)C1. The normalized spacial score (nSPS) is 32.5. The van der Waals surface area contributed by atoms with Gasteiger partial charge in [-0.1, -0.05) is 12.8 Å². The number of rotatable bonds is 2. The van der Waals surface area contributed by atoms with Crippen LogP contribution in [0.5, 0.6) is 0 Å². The molecule has 0 aromatic carbocycles. The summed E-state index contributed by atoms with van der Waals surface area (Å²) in [7, 11) is 0. The summed E-state index contributed by atoms with van der Waals surface area (Å²) >= 11 is 2.12. The molecule has 1 atom stereocenters. The highest BCUT2D eigenvalue weighted by atomic mass is 32.2. The second-order valence-electron chi connectivity index (χ2n) is 4.06. The highest BCUT2D eigenvalue weighted by molar-refractivity contribution is 7.99. The van der Waals surface area contributed by atoms with Crippen molar-refractivity contribution in [1.29, 1.82) is 0 Å².